The van der Waals surface area contributed by atoms with E-state index in [1.807, 2.05) is 10.9 Å². The summed E-state index contributed by atoms with van der Waals surface area (Å²) in [6.07, 6.45) is 1.50. The van der Waals surface area contributed by atoms with Gasteiger partial charge in [-0.1, -0.05) is 0 Å². The molecule has 2 amide bonds. The summed E-state index contributed by atoms with van der Waals surface area (Å²) in [7, 11) is 0. The van der Waals surface area contributed by atoms with Gasteiger partial charge in [-0.3, -0.25) is 20.4 Å². The number of H-pyrrole nitrogens is 1. The van der Waals surface area contributed by atoms with Crippen LogP contribution in [0.1, 0.15) is 20.8 Å². The first kappa shape index (κ1) is 15.0. The Morgan fingerprint density at radius 1 is 1.14 bits per heavy atom. The lowest BCUT2D eigenvalue weighted by Gasteiger charge is -2.08. The fraction of sp³-hybridized carbons (Fsp3) is 0. The van der Waals surface area contributed by atoms with Crippen molar-refractivity contribution in [1.29, 1.82) is 0 Å². The van der Waals surface area contributed by atoms with Gasteiger partial charge in [-0.05, 0) is 22.0 Å². The van der Waals surface area contributed by atoms with Crippen LogP contribution in [0.2, 0.25) is 0 Å². The molecule has 6 nitrogen and oxygen atoms in total. The molecule has 0 unspecified atom stereocenters. The number of hydrazine groups is 1. The standard InChI is InChI=1S/C12H8BrF2N3O3/c13-5-1-8(16-4-5)11(20)17-18-12(21)10-7(15)2-6(14)3-9(10)19/h1-4,16,19H,(H,17,20)(H,18,21). The van der Waals surface area contributed by atoms with Gasteiger partial charge in [0.25, 0.3) is 11.8 Å². The predicted molar refractivity (Wildman–Crippen MR) is 71.4 cm³/mol. The molecule has 2 rings (SSSR count). The fourth-order valence-electron chi connectivity index (χ4n) is 1.53. The van der Waals surface area contributed by atoms with Crippen LogP contribution < -0.4 is 10.9 Å². The summed E-state index contributed by atoms with van der Waals surface area (Å²) in [5, 5.41) is 9.36. The number of amides is 2. The van der Waals surface area contributed by atoms with Gasteiger partial charge in [0, 0.05) is 22.8 Å². The molecule has 1 heterocycles. The molecule has 9 heteroatoms. The molecule has 110 valence electrons. The summed E-state index contributed by atoms with van der Waals surface area (Å²) in [6.45, 7) is 0. The third kappa shape index (κ3) is 3.37. The minimum absolute atomic E-state index is 0.144. The molecule has 0 spiro atoms. The van der Waals surface area contributed by atoms with Crippen LogP contribution in [-0.2, 0) is 0 Å². The Kier molecular flexibility index (Phi) is 4.22. The third-order valence-electron chi connectivity index (χ3n) is 2.44. The topological polar surface area (TPSA) is 94.2 Å². The molecule has 0 fully saturated rings. The molecule has 0 bridgehead atoms. The average Bonchev–Trinajstić information content (AvgIpc) is 2.81. The number of aromatic amines is 1. The predicted octanol–water partition coefficient (Wildman–Crippen LogP) is 1.84. The number of aromatic nitrogens is 1. The zero-order valence-corrected chi connectivity index (χ0v) is 11.8. The number of hydrogen-bond donors (Lipinski definition) is 4. The second-order valence-corrected chi connectivity index (χ2v) is 4.84. The van der Waals surface area contributed by atoms with Gasteiger partial charge < -0.3 is 10.1 Å². The van der Waals surface area contributed by atoms with Crippen LogP contribution in [0.15, 0.2) is 28.9 Å². The highest BCUT2D eigenvalue weighted by molar-refractivity contribution is 9.10. The molecule has 0 saturated heterocycles. The van der Waals surface area contributed by atoms with Gasteiger partial charge in [-0.2, -0.15) is 0 Å². The van der Waals surface area contributed by atoms with Crippen molar-refractivity contribution < 1.29 is 23.5 Å². The molecule has 21 heavy (non-hydrogen) atoms. The lowest BCUT2D eigenvalue weighted by molar-refractivity contribution is 0.0840. The van der Waals surface area contributed by atoms with Gasteiger partial charge >= 0.3 is 0 Å². The molecule has 0 aliphatic carbocycles. The number of carbonyl (C=O) groups is 2. The highest BCUT2D eigenvalue weighted by atomic mass is 79.9. The number of phenols is 1. The monoisotopic (exact) mass is 359 g/mol. The summed E-state index contributed by atoms with van der Waals surface area (Å²) < 4.78 is 26.9. The Balaban J connectivity index is 2.07. The number of benzene rings is 1. The van der Waals surface area contributed by atoms with Gasteiger partial charge in [0.2, 0.25) is 0 Å². The van der Waals surface area contributed by atoms with Crippen LogP contribution in [-0.4, -0.2) is 21.9 Å². The second kappa shape index (κ2) is 5.92. The van der Waals surface area contributed by atoms with Crippen molar-refractivity contribution in [2.45, 2.75) is 0 Å². The molecule has 4 N–H and O–H groups in total. The minimum Gasteiger partial charge on any atom is -0.507 e. The minimum atomic E-state index is -1.25. The summed E-state index contributed by atoms with van der Waals surface area (Å²) in [5.74, 6) is -4.95. The normalized spacial score (nSPS) is 10.2. The first-order valence-corrected chi connectivity index (χ1v) is 6.30. The van der Waals surface area contributed by atoms with Gasteiger partial charge in [0.1, 0.15) is 28.6 Å². The number of rotatable bonds is 2. The van der Waals surface area contributed by atoms with E-state index in [1.165, 1.54) is 12.3 Å². The molecular formula is C12H8BrF2N3O3. The first-order chi connectivity index (χ1) is 9.88. The van der Waals surface area contributed by atoms with Crippen LogP contribution in [0, 0.1) is 11.6 Å². The maximum atomic E-state index is 13.4. The molecule has 1 aromatic carbocycles. The lowest BCUT2D eigenvalue weighted by atomic mass is 10.1. The Hall–Kier alpha value is -2.42. The van der Waals surface area contributed by atoms with Gasteiger partial charge in [-0.25, -0.2) is 8.78 Å². The van der Waals surface area contributed by atoms with Crippen LogP contribution in [0.3, 0.4) is 0 Å². The number of carbonyl (C=O) groups excluding carboxylic acids is 2. The highest BCUT2D eigenvalue weighted by Crippen LogP contribution is 2.21. The van der Waals surface area contributed by atoms with E-state index in [0.717, 1.165) is 0 Å². The molecule has 2 aromatic rings. The Morgan fingerprint density at radius 3 is 2.38 bits per heavy atom. The molecule has 0 saturated carbocycles. The maximum Gasteiger partial charge on any atom is 0.286 e. The average molecular weight is 360 g/mol. The molecule has 0 atom stereocenters. The Bertz CT molecular complexity index is 695. The van der Waals surface area contributed by atoms with Crippen LogP contribution in [0.5, 0.6) is 5.75 Å². The van der Waals surface area contributed by atoms with Crippen LogP contribution in [0.25, 0.3) is 0 Å². The van der Waals surface area contributed by atoms with Crippen molar-refractivity contribution >= 4 is 27.7 Å². The number of halogens is 3. The molecule has 0 aliphatic heterocycles. The third-order valence-corrected chi connectivity index (χ3v) is 2.90. The molecule has 0 aliphatic rings. The second-order valence-electron chi connectivity index (χ2n) is 3.92. The summed E-state index contributed by atoms with van der Waals surface area (Å²) in [5.41, 5.74) is 3.30. The lowest BCUT2D eigenvalue weighted by Crippen LogP contribution is -2.42. The van der Waals surface area contributed by atoms with Crippen molar-refractivity contribution in [2.75, 3.05) is 0 Å². The number of nitrogens with one attached hydrogen (secondary N) is 3. The highest BCUT2D eigenvalue weighted by Gasteiger charge is 2.19. The summed E-state index contributed by atoms with van der Waals surface area (Å²) in [6, 6.07) is 2.48. The number of hydrogen-bond acceptors (Lipinski definition) is 3. The van der Waals surface area contributed by atoms with Crippen molar-refractivity contribution in [2.24, 2.45) is 0 Å². The van der Waals surface area contributed by atoms with E-state index in [4.69, 9.17) is 0 Å². The zero-order valence-electron chi connectivity index (χ0n) is 10.2. The van der Waals surface area contributed by atoms with Crippen molar-refractivity contribution in [3.8, 4) is 5.75 Å². The maximum absolute atomic E-state index is 13.4. The van der Waals surface area contributed by atoms with Gasteiger partial charge in [-0.15, -0.1) is 0 Å². The van der Waals surface area contributed by atoms with E-state index in [1.54, 1.807) is 0 Å². The SMILES string of the molecule is O=C(NNC(=O)c1c(O)cc(F)cc1F)c1cc(Br)c[nH]1. The quantitative estimate of drug-likeness (QED) is 0.616. The van der Waals surface area contributed by atoms with E-state index >= 15 is 0 Å². The van der Waals surface area contributed by atoms with Crippen molar-refractivity contribution in [3.05, 3.63) is 51.8 Å². The van der Waals surface area contributed by atoms with Gasteiger partial charge in [0.15, 0.2) is 0 Å². The summed E-state index contributed by atoms with van der Waals surface area (Å²) in [4.78, 5) is 25.9. The zero-order chi connectivity index (χ0) is 15.6. The Labute approximate surface area is 125 Å². The Morgan fingerprint density at radius 2 is 1.81 bits per heavy atom. The van der Waals surface area contributed by atoms with Crippen molar-refractivity contribution in [1.82, 2.24) is 15.8 Å². The smallest absolute Gasteiger partial charge is 0.286 e. The van der Waals surface area contributed by atoms with E-state index < -0.39 is 34.8 Å². The molecular weight excluding hydrogens is 352 g/mol. The molecule has 0 radical (unpaired) electrons. The van der Waals surface area contributed by atoms with E-state index in [9.17, 15) is 23.5 Å². The van der Waals surface area contributed by atoms with Crippen LogP contribution >= 0.6 is 15.9 Å². The van der Waals surface area contributed by atoms with Gasteiger partial charge in [0.05, 0.1) is 0 Å². The largest absolute Gasteiger partial charge is 0.507 e. The van der Waals surface area contributed by atoms with E-state index in [0.29, 0.717) is 16.6 Å². The van der Waals surface area contributed by atoms with Crippen molar-refractivity contribution in [3.63, 3.8) is 0 Å². The number of phenolic OH excluding ortho intramolecular Hbond substituents is 1. The summed E-state index contributed by atoms with van der Waals surface area (Å²) >= 11 is 3.13. The number of aromatic hydroxyl groups is 1. The molecule has 1 aromatic heterocycles. The fourth-order valence-corrected chi connectivity index (χ4v) is 1.87. The van der Waals surface area contributed by atoms with Crippen LogP contribution in [0.4, 0.5) is 8.78 Å². The first-order valence-electron chi connectivity index (χ1n) is 5.51. The van der Waals surface area contributed by atoms with E-state index in [-0.39, 0.29) is 5.69 Å². The van der Waals surface area contributed by atoms with E-state index in [2.05, 4.69) is 20.9 Å².